The molecule has 1 atom stereocenters. The van der Waals surface area contributed by atoms with Gasteiger partial charge >= 0.3 is 0 Å². The van der Waals surface area contributed by atoms with Crippen LogP contribution in [0.4, 0.5) is 0 Å². The van der Waals surface area contributed by atoms with Gasteiger partial charge in [0.25, 0.3) is 5.24 Å². The molecule has 26 heavy (non-hydrogen) atoms. The highest BCUT2D eigenvalue weighted by Crippen LogP contribution is 2.25. The molecule has 0 amide bonds. The molecule has 1 unspecified atom stereocenters. The third-order valence-electron chi connectivity index (χ3n) is 4.91. The second kappa shape index (κ2) is 14.1. The summed E-state index contributed by atoms with van der Waals surface area (Å²) in [6.45, 7) is 6.28. The van der Waals surface area contributed by atoms with E-state index in [1.54, 1.807) is 0 Å². The van der Waals surface area contributed by atoms with E-state index in [9.17, 15) is 4.79 Å². The summed E-state index contributed by atoms with van der Waals surface area (Å²) in [5, 5.41) is -0.419. The Morgan fingerprint density at radius 3 is 2.08 bits per heavy atom. The molecular weight excluding hydrogens is 344 g/mol. The molecule has 0 aliphatic rings. The predicted molar refractivity (Wildman–Crippen MR) is 112 cm³/mol. The molecule has 0 heterocycles. The summed E-state index contributed by atoms with van der Waals surface area (Å²) in [6.07, 6.45) is 14.4. The molecule has 0 aromatic heterocycles. The number of ether oxygens (including phenoxy) is 1. The first-order valence-electron chi connectivity index (χ1n) is 10.5. The van der Waals surface area contributed by atoms with Crippen molar-refractivity contribution >= 4 is 16.8 Å². The maximum Gasteiger partial charge on any atom is 0.262 e. The maximum absolute atomic E-state index is 11.4. The van der Waals surface area contributed by atoms with E-state index >= 15 is 0 Å². The Balaban J connectivity index is 2.33. The van der Waals surface area contributed by atoms with Gasteiger partial charge in [-0.05, 0) is 49.4 Å². The Labute approximate surface area is 165 Å². The number of hydrogen-bond acceptors (Lipinski definition) is 2. The van der Waals surface area contributed by atoms with Crippen molar-refractivity contribution in [3.63, 3.8) is 0 Å². The molecule has 0 aliphatic carbocycles. The third-order valence-corrected chi connectivity index (χ3v) is 5.15. The molecule has 0 saturated heterocycles. The van der Waals surface area contributed by atoms with Crippen LogP contribution in [0.25, 0.3) is 0 Å². The van der Waals surface area contributed by atoms with Crippen LogP contribution < -0.4 is 4.74 Å². The maximum atomic E-state index is 11.4. The molecule has 148 valence electrons. The van der Waals surface area contributed by atoms with Crippen LogP contribution in [0.2, 0.25) is 0 Å². The van der Waals surface area contributed by atoms with Crippen LogP contribution in [0.1, 0.15) is 95.6 Å². The van der Waals surface area contributed by atoms with E-state index in [4.69, 9.17) is 16.3 Å². The highest BCUT2D eigenvalue weighted by Gasteiger charge is 2.17. The van der Waals surface area contributed by atoms with Crippen molar-refractivity contribution < 1.29 is 9.53 Å². The van der Waals surface area contributed by atoms with Crippen LogP contribution in [0, 0.1) is 6.92 Å². The number of hydrogen-bond donors (Lipinski definition) is 0. The molecule has 2 nitrogen and oxygen atoms in total. The van der Waals surface area contributed by atoms with Crippen molar-refractivity contribution in [2.45, 2.75) is 104 Å². The number of benzene rings is 1. The third kappa shape index (κ3) is 9.62. The van der Waals surface area contributed by atoms with Gasteiger partial charge in [0.05, 0.1) is 0 Å². The zero-order valence-electron chi connectivity index (χ0n) is 17.0. The Morgan fingerprint density at radius 2 is 1.54 bits per heavy atom. The lowest BCUT2D eigenvalue weighted by molar-refractivity contribution is -0.117. The van der Waals surface area contributed by atoms with E-state index in [0.717, 1.165) is 12.2 Å². The van der Waals surface area contributed by atoms with E-state index < -0.39 is 11.3 Å². The lowest BCUT2D eigenvalue weighted by Gasteiger charge is -2.17. The normalized spacial score (nSPS) is 12.2. The fraction of sp³-hybridized carbons (Fsp3) is 0.696. The Kier molecular flexibility index (Phi) is 12.5. The first kappa shape index (κ1) is 23.0. The summed E-state index contributed by atoms with van der Waals surface area (Å²) in [7, 11) is 0. The fourth-order valence-electron chi connectivity index (χ4n) is 3.26. The predicted octanol–water partition coefficient (Wildman–Crippen LogP) is 7.38. The van der Waals surface area contributed by atoms with Crippen LogP contribution in [0.5, 0.6) is 5.75 Å². The standard InChI is InChI=1S/C23H37ClO2/c1-4-6-7-8-9-10-11-12-13-14-15-20-18-19(3)16-17-22(20)26-21(5-2)23(24)25/h16-18,21H,4-15H2,1-3H3. The first-order valence-corrected chi connectivity index (χ1v) is 10.9. The van der Waals surface area contributed by atoms with Crippen LogP contribution in [-0.4, -0.2) is 11.3 Å². The summed E-state index contributed by atoms with van der Waals surface area (Å²) in [5.41, 5.74) is 2.42. The van der Waals surface area contributed by atoms with Gasteiger partial charge in [0.15, 0.2) is 6.10 Å². The summed E-state index contributed by atoms with van der Waals surface area (Å²) < 4.78 is 5.87. The van der Waals surface area contributed by atoms with Crippen molar-refractivity contribution in [3.05, 3.63) is 29.3 Å². The Bertz CT molecular complexity index is 513. The number of unbranched alkanes of at least 4 members (excludes halogenated alkanes) is 9. The van der Waals surface area contributed by atoms with Crippen molar-refractivity contribution in [1.29, 1.82) is 0 Å². The minimum Gasteiger partial charge on any atom is -0.481 e. The second-order valence-corrected chi connectivity index (χ2v) is 7.73. The van der Waals surface area contributed by atoms with Gasteiger partial charge < -0.3 is 4.74 Å². The summed E-state index contributed by atoms with van der Waals surface area (Å²) in [4.78, 5) is 11.4. The molecule has 1 aromatic rings. The van der Waals surface area contributed by atoms with Gasteiger partial charge in [0.1, 0.15) is 5.75 Å². The molecule has 3 heteroatoms. The van der Waals surface area contributed by atoms with Crippen molar-refractivity contribution in [1.82, 2.24) is 0 Å². The Morgan fingerprint density at radius 1 is 0.962 bits per heavy atom. The second-order valence-electron chi connectivity index (χ2n) is 7.36. The van der Waals surface area contributed by atoms with Gasteiger partial charge in [-0.15, -0.1) is 0 Å². The lowest BCUT2D eigenvalue weighted by atomic mass is 10.0. The SMILES string of the molecule is CCCCCCCCCCCCc1cc(C)ccc1OC(CC)C(=O)Cl. The van der Waals surface area contributed by atoms with E-state index in [0.29, 0.717) is 6.42 Å². The number of carbonyl (C=O) groups is 1. The van der Waals surface area contributed by atoms with Crippen LogP contribution >= 0.6 is 11.6 Å². The molecule has 0 aliphatic heterocycles. The van der Waals surface area contributed by atoms with Gasteiger partial charge in [0, 0.05) is 0 Å². The topological polar surface area (TPSA) is 26.3 Å². The minimum absolute atomic E-state index is 0.419. The number of carbonyl (C=O) groups excluding carboxylic acids is 1. The van der Waals surface area contributed by atoms with Crippen LogP contribution in [0.3, 0.4) is 0 Å². The van der Waals surface area contributed by atoms with Gasteiger partial charge in [-0.25, -0.2) is 0 Å². The zero-order chi connectivity index (χ0) is 19.2. The van der Waals surface area contributed by atoms with Crippen LogP contribution in [0.15, 0.2) is 18.2 Å². The Hall–Kier alpha value is -1.02. The lowest BCUT2D eigenvalue weighted by Crippen LogP contribution is -2.22. The van der Waals surface area contributed by atoms with Crippen molar-refractivity contribution in [2.75, 3.05) is 0 Å². The average Bonchev–Trinajstić information content (AvgIpc) is 2.62. The number of halogens is 1. The highest BCUT2D eigenvalue weighted by atomic mass is 35.5. The first-order chi connectivity index (χ1) is 12.6. The molecular formula is C23H37ClO2. The van der Waals surface area contributed by atoms with E-state index in [1.165, 1.54) is 75.3 Å². The zero-order valence-corrected chi connectivity index (χ0v) is 17.7. The van der Waals surface area contributed by atoms with E-state index in [-0.39, 0.29) is 0 Å². The fourth-order valence-corrected chi connectivity index (χ4v) is 3.46. The molecule has 0 fully saturated rings. The summed E-state index contributed by atoms with van der Waals surface area (Å²) in [6, 6.07) is 6.18. The molecule has 0 N–H and O–H groups in total. The van der Waals surface area contributed by atoms with E-state index in [2.05, 4.69) is 19.9 Å². The van der Waals surface area contributed by atoms with Crippen LogP contribution in [-0.2, 0) is 11.2 Å². The van der Waals surface area contributed by atoms with Crippen molar-refractivity contribution in [3.8, 4) is 5.75 Å². The summed E-state index contributed by atoms with van der Waals surface area (Å²) in [5.74, 6) is 0.812. The largest absolute Gasteiger partial charge is 0.481 e. The molecule has 0 radical (unpaired) electrons. The van der Waals surface area contributed by atoms with E-state index in [1.807, 2.05) is 19.1 Å². The molecule has 0 bridgehead atoms. The average molecular weight is 381 g/mol. The number of aryl methyl sites for hydroxylation is 2. The smallest absolute Gasteiger partial charge is 0.262 e. The molecule has 0 spiro atoms. The quantitative estimate of drug-likeness (QED) is 0.234. The van der Waals surface area contributed by atoms with Gasteiger partial charge in [-0.1, -0.05) is 89.3 Å². The molecule has 1 aromatic carbocycles. The van der Waals surface area contributed by atoms with Gasteiger partial charge in [-0.2, -0.15) is 0 Å². The van der Waals surface area contributed by atoms with Gasteiger partial charge in [-0.3, -0.25) is 4.79 Å². The molecule has 0 saturated carbocycles. The van der Waals surface area contributed by atoms with Gasteiger partial charge in [0.2, 0.25) is 0 Å². The molecule has 1 rings (SSSR count). The monoisotopic (exact) mass is 380 g/mol. The minimum atomic E-state index is -0.550. The number of rotatable bonds is 15. The highest BCUT2D eigenvalue weighted by molar-refractivity contribution is 6.64. The van der Waals surface area contributed by atoms with Crippen molar-refractivity contribution in [2.24, 2.45) is 0 Å². The summed E-state index contributed by atoms with van der Waals surface area (Å²) >= 11 is 5.63.